The number of H-pyrrole nitrogens is 1. The molecule has 1 saturated heterocycles. The van der Waals surface area contributed by atoms with Crippen molar-refractivity contribution in [2.24, 2.45) is 7.05 Å². The molecule has 1 fully saturated rings. The van der Waals surface area contributed by atoms with Crippen LogP contribution in [0.25, 0.3) is 11.4 Å². The molecule has 3 heterocycles. The van der Waals surface area contributed by atoms with E-state index < -0.39 is 0 Å². The van der Waals surface area contributed by atoms with Crippen LogP contribution in [0.4, 0.5) is 5.95 Å². The minimum Gasteiger partial charge on any atom is -0.337 e. The van der Waals surface area contributed by atoms with Crippen molar-refractivity contribution in [3.8, 4) is 11.4 Å². The minimum atomic E-state index is -0.0590. The largest absolute Gasteiger partial charge is 0.337 e. The smallest absolute Gasteiger partial charge is 0.250 e. The number of aromatic amines is 1. The monoisotopic (exact) mass is 274 g/mol. The lowest BCUT2D eigenvalue weighted by atomic mass is 10.2. The van der Waals surface area contributed by atoms with E-state index in [1.807, 2.05) is 6.07 Å². The molecule has 2 aromatic rings. The van der Waals surface area contributed by atoms with Crippen molar-refractivity contribution < 1.29 is 0 Å². The Hall–Kier alpha value is -2.15. The van der Waals surface area contributed by atoms with Gasteiger partial charge in [0.25, 0.3) is 5.56 Å². The van der Waals surface area contributed by atoms with Crippen molar-refractivity contribution in [3.63, 3.8) is 0 Å². The van der Waals surface area contributed by atoms with Gasteiger partial charge >= 0.3 is 0 Å². The van der Waals surface area contributed by atoms with Crippen LogP contribution in [0.15, 0.2) is 23.1 Å². The van der Waals surface area contributed by atoms with Gasteiger partial charge in [-0.05, 0) is 13.0 Å². The van der Waals surface area contributed by atoms with Crippen LogP contribution >= 0.6 is 0 Å². The molecule has 7 heteroatoms. The summed E-state index contributed by atoms with van der Waals surface area (Å²) in [6.07, 6.45) is 1.73. The summed E-state index contributed by atoms with van der Waals surface area (Å²) in [6, 6.07) is 3.84. The lowest BCUT2D eigenvalue weighted by Gasteiger charge is -2.30. The van der Waals surface area contributed by atoms with Crippen molar-refractivity contribution in [3.05, 3.63) is 28.7 Å². The normalized spacial score (nSPS) is 19.3. The van der Waals surface area contributed by atoms with Crippen molar-refractivity contribution >= 4 is 5.95 Å². The molecular formula is C13H18N6O. The molecule has 106 valence electrons. The first-order chi connectivity index (χ1) is 9.63. The second-order valence-electron chi connectivity index (χ2n) is 5.15. The van der Waals surface area contributed by atoms with Crippen molar-refractivity contribution in [2.75, 3.05) is 24.5 Å². The predicted molar refractivity (Wildman–Crippen MR) is 76.7 cm³/mol. The Morgan fingerprint density at radius 2 is 2.30 bits per heavy atom. The fourth-order valence-electron chi connectivity index (χ4n) is 2.33. The van der Waals surface area contributed by atoms with Gasteiger partial charge < -0.3 is 14.8 Å². The molecule has 0 bridgehead atoms. The summed E-state index contributed by atoms with van der Waals surface area (Å²) >= 11 is 0. The average Bonchev–Trinajstić information content (AvgIpc) is 2.92. The molecule has 7 nitrogen and oxygen atoms in total. The fourth-order valence-corrected chi connectivity index (χ4v) is 2.33. The quantitative estimate of drug-likeness (QED) is 0.804. The van der Waals surface area contributed by atoms with Crippen LogP contribution < -0.4 is 15.8 Å². The maximum atomic E-state index is 11.6. The molecular weight excluding hydrogens is 256 g/mol. The summed E-state index contributed by atoms with van der Waals surface area (Å²) in [6.45, 7) is 4.84. The topological polar surface area (TPSA) is 78.8 Å². The van der Waals surface area contributed by atoms with Crippen LogP contribution in [-0.4, -0.2) is 45.4 Å². The number of nitrogens with zero attached hydrogens (tertiary/aromatic N) is 4. The Labute approximate surface area is 116 Å². The Balaban J connectivity index is 1.86. The van der Waals surface area contributed by atoms with E-state index in [4.69, 9.17) is 0 Å². The van der Waals surface area contributed by atoms with Gasteiger partial charge in [0.1, 0.15) is 0 Å². The summed E-state index contributed by atoms with van der Waals surface area (Å²) in [5, 5.41) is 10.5. The first-order valence-electron chi connectivity index (χ1n) is 6.71. The van der Waals surface area contributed by atoms with Gasteiger partial charge in [-0.3, -0.25) is 9.89 Å². The Kier molecular flexibility index (Phi) is 3.27. The van der Waals surface area contributed by atoms with E-state index in [1.54, 1.807) is 19.3 Å². The standard InChI is InChI=1S/C13H18N6O/c1-9-8-19(6-4-14-9)13-15-12(16-17-13)10-3-5-18(2)11(20)7-10/h3,5,7,9,14H,4,6,8H2,1-2H3,(H,15,16,17). The maximum Gasteiger partial charge on any atom is 0.250 e. The SMILES string of the molecule is CC1CN(c2n[nH]c(-c3ccn(C)c(=O)c3)n2)CCN1. The molecule has 3 rings (SSSR count). The number of nitrogens with one attached hydrogen (secondary N) is 2. The Morgan fingerprint density at radius 3 is 3.05 bits per heavy atom. The number of aryl methyl sites for hydroxylation is 1. The highest BCUT2D eigenvalue weighted by molar-refractivity contribution is 5.55. The summed E-state index contributed by atoms with van der Waals surface area (Å²) in [4.78, 5) is 18.3. The lowest BCUT2D eigenvalue weighted by Crippen LogP contribution is -2.49. The summed E-state index contributed by atoms with van der Waals surface area (Å²) < 4.78 is 1.53. The molecule has 0 aliphatic carbocycles. The zero-order chi connectivity index (χ0) is 14.1. The van der Waals surface area contributed by atoms with Gasteiger partial charge in [-0.2, -0.15) is 4.98 Å². The number of anilines is 1. The van der Waals surface area contributed by atoms with E-state index in [-0.39, 0.29) is 5.56 Å². The fraction of sp³-hybridized carbons (Fsp3) is 0.462. The summed E-state index contributed by atoms with van der Waals surface area (Å²) in [5.41, 5.74) is 0.700. The van der Waals surface area contributed by atoms with Gasteiger partial charge in [-0.25, -0.2) is 0 Å². The van der Waals surface area contributed by atoms with Crippen molar-refractivity contribution in [1.29, 1.82) is 0 Å². The zero-order valence-electron chi connectivity index (χ0n) is 11.6. The van der Waals surface area contributed by atoms with E-state index in [2.05, 4.69) is 32.3 Å². The van der Waals surface area contributed by atoms with Crippen LogP contribution in [0.2, 0.25) is 0 Å². The molecule has 0 radical (unpaired) electrons. The van der Waals surface area contributed by atoms with E-state index >= 15 is 0 Å². The third kappa shape index (κ3) is 2.44. The second kappa shape index (κ2) is 5.09. The van der Waals surface area contributed by atoms with Gasteiger partial charge in [0, 0.05) is 50.6 Å². The van der Waals surface area contributed by atoms with E-state index in [1.165, 1.54) is 4.57 Å². The number of hydrogen-bond acceptors (Lipinski definition) is 5. The van der Waals surface area contributed by atoms with Gasteiger partial charge in [0.2, 0.25) is 5.95 Å². The Morgan fingerprint density at radius 1 is 1.45 bits per heavy atom. The van der Waals surface area contributed by atoms with Crippen LogP contribution in [-0.2, 0) is 7.05 Å². The van der Waals surface area contributed by atoms with E-state index in [9.17, 15) is 4.79 Å². The minimum absolute atomic E-state index is 0.0590. The molecule has 1 aliphatic rings. The van der Waals surface area contributed by atoms with Crippen LogP contribution in [0.5, 0.6) is 0 Å². The van der Waals surface area contributed by atoms with E-state index in [0.29, 0.717) is 17.8 Å². The molecule has 2 N–H and O–H groups in total. The molecule has 0 aromatic carbocycles. The van der Waals surface area contributed by atoms with Crippen LogP contribution in [0, 0.1) is 0 Å². The maximum absolute atomic E-state index is 11.6. The summed E-state index contributed by atoms with van der Waals surface area (Å²) in [7, 11) is 1.72. The number of aromatic nitrogens is 4. The highest BCUT2D eigenvalue weighted by Gasteiger charge is 2.19. The van der Waals surface area contributed by atoms with Crippen molar-refractivity contribution in [2.45, 2.75) is 13.0 Å². The van der Waals surface area contributed by atoms with Crippen LogP contribution in [0.1, 0.15) is 6.92 Å². The molecule has 1 aliphatic heterocycles. The number of rotatable bonds is 2. The third-order valence-electron chi connectivity index (χ3n) is 3.50. The number of hydrogen-bond donors (Lipinski definition) is 2. The molecule has 0 amide bonds. The van der Waals surface area contributed by atoms with Gasteiger partial charge in [-0.15, -0.1) is 5.10 Å². The molecule has 0 saturated carbocycles. The average molecular weight is 274 g/mol. The molecule has 20 heavy (non-hydrogen) atoms. The van der Waals surface area contributed by atoms with Gasteiger partial charge in [0.05, 0.1) is 0 Å². The molecule has 2 aromatic heterocycles. The predicted octanol–water partition coefficient (Wildman–Crippen LogP) is -0.0315. The van der Waals surface area contributed by atoms with Gasteiger partial charge in [-0.1, -0.05) is 0 Å². The molecule has 1 unspecified atom stereocenters. The second-order valence-corrected chi connectivity index (χ2v) is 5.15. The molecule has 0 spiro atoms. The van der Waals surface area contributed by atoms with E-state index in [0.717, 1.165) is 25.2 Å². The number of piperazine rings is 1. The zero-order valence-corrected chi connectivity index (χ0v) is 11.6. The first kappa shape index (κ1) is 12.9. The highest BCUT2D eigenvalue weighted by atomic mass is 16.1. The number of pyridine rings is 1. The first-order valence-corrected chi connectivity index (χ1v) is 6.71. The summed E-state index contributed by atoms with van der Waals surface area (Å²) in [5.74, 6) is 1.32. The van der Waals surface area contributed by atoms with Gasteiger partial charge in [0.15, 0.2) is 5.82 Å². The Bertz CT molecular complexity index is 661. The highest BCUT2D eigenvalue weighted by Crippen LogP contribution is 2.16. The third-order valence-corrected chi connectivity index (χ3v) is 3.50. The lowest BCUT2D eigenvalue weighted by molar-refractivity contribution is 0.480. The molecule has 1 atom stereocenters. The van der Waals surface area contributed by atoms with Crippen molar-refractivity contribution in [1.82, 2.24) is 25.1 Å². The van der Waals surface area contributed by atoms with Crippen LogP contribution in [0.3, 0.4) is 0 Å².